The van der Waals surface area contributed by atoms with Crippen molar-refractivity contribution >= 4 is 17.0 Å². The normalized spacial score (nSPS) is 18.3. The number of pyridine rings is 1. The number of piperazine rings is 1. The summed E-state index contributed by atoms with van der Waals surface area (Å²) in [6.07, 6.45) is 3.60. The van der Waals surface area contributed by atoms with E-state index >= 15 is 0 Å². The van der Waals surface area contributed by atoms with E-state index in [9.17, 15) is 13.6 Å². The Bertz CT molecular complexity index is 1750. The number of amides is 1. The van der Waals surface area contributed by atoms with E-state index in [1.54, 1.807) is 23.2 Å². The number of tetrazole rings is 1. The van der Waals surface area contributed by atoms with Crippen LogP contribution in [0.4, 0.5) is 8.78 Å². The minimum atomic E-state index is -2.88. The van der Waals surface area contributed by atoms with Gasteiger partial charge in [-0.3, -0.25) is 14.7 Å². The van der Waals surface area contributed by atoms with Gasteiger partial charge in [-0.2, -0.15) is 8.78 Å². The smallest absolute Gasteiger partial charge is 0.350 e. The number of ether oxygens (including phenoxy) is 1. The molecule has 0 unspecified atom stereocenters. The monoisotopic (exact) mass is 600 g/mol. The van der Waals surface area contributed by atoms with Crippen LogP contribution < -0.4 is 0 Å². The van der Waals surface area contributed by atoms with Crippen LogP contribution in [0.15, 0.2) is 71.3 Å². The van der Waals surface area contributed by atoms with Gasteiger partial charge in [-0.05, 0) is 59.4 Å². The molecule has 2 fully saturated rings. The number of carbonyl (C=O) groups is 1. The standard InChI is InChI=1S/C31H30F2N8O3/c32-31(33)41-37-28(36-38-41)27(22-4-2-1-3-5-22)39-11-13-40(14-12-39)30(42)25-18-23(8-10-34-25)29-35-24-17-20(6-7-26(24)44-29)16-21-9-15-43-19-21/h1-8,10,17-18,21,27,31H,9,11-16,19H2/t21-,27-/m1/s1. The van der Waals surface area contributed by atoms with Crippen LogP contribution in [0.2, 0.25) is 0 Å². The van der Waals surface area contributed by atoms with E-state index < -0.39 is 12.6 Å². The van der Waals surface area contributed by atoms with Gasteiger partial charge in [-0.15, -0.1) is 10.2 Å². The van der Waals surface area contributed by atoms with Crippen molar-refractivity contribution in [3.8, 4) is 11.5 Å². The molecule has 44 heavy (non-hydrogen) atoms. The highest BCUT2D eigenvalue weighted by molar-refractivity contribution is 5.93. The van der Waals surface area contributed by atoms with E-state index in [2.05, 4.69) is 37.4 Å². The molecule has 0 aliphatic carbocycles. The summed E-state index contributed by atoms with van der Waals surface area (Å²) in [5.74, 6) is 0.930. The second-order valence-electron chi connectivity index (χ2n) is 11.1. The summed E-state index contributed by atoms with van der Waals surface area (Å²) in [5, 5.41) is 11.4. The summed E-state index contributed by atoms with van der Waals surface area (Å²) in [6, 6.07) is 18.5. The molecule has 0 radical (unpaired) electrons. The molecule has 0 saturated carbocycles. The van der Waals surface area contributed by atoms with Gasteiger partial charge in [0.25, 0.3) is 5.91 Å². The number of rotatable bonds is 8. The molecule has 2 aliphatic rings. The predicted octanol–water partition coefficient (Wildman–Crippen LogP) is 4.40. The lowest BCUT2D eigenvalue weighted by atomic mass is 9.99. The molecule has 1 amide bonds. The summed E-state index contributed by atoms with van der Waals surface area (Å²) in [4.78, 5) is 26.7. The highest BCUT2D eigenvalue weighted by Crippen LogP contribution is 2.29. The van der Waals surface area contributed by atoms with Crippen molar-refractivity contribution in [2.45, 2.75) is 25.4 Å². The summed E-state index contributed by atoms with van der Waals surface area (Å²) in [6.45, 7) is 0.515. The van der Waals surface area contributed by atoms with Gasteiger partial charge >= 0.3 is 6.55 Å². The molecule has 5 heterocycles. The van der Waals surface area contributed by atoms with Crippen LogP contribution in [0.25, 0.3) is 22.6 Å². The number of hydrogen-bond donors (Lipinski definition) is 0. The van der Waals surface area contributed by atoms with Crippen LogP contribution in [0.3, 0.4) is 0 Å². The number of benzene rings is 2. The van der Waals surface area contributed by atoms with Crippen molar-refractivity contribution in [3.05, 3.63) is 89.5 Å². The third kappa shape index (κ3) is 5.80. The first kappa shape index (κ1) is 28.2. The van der Waals surface area contributed by atoms with Crippen LogP contribution in [0, 0.1) is 5.92 Å². The van der Waals surface area contributed by atoms with Crippen molar-refractivity contribution in [1.29, 1.82) is 0 Å². The molecule has 13 heteroatoms. The van der Waals surface area contributed by atoms with Crippen molar-refractivity contribution in [2.75, 3.05) is 39.4 Å². The molecular weight excluding hydrogens is 570 g/mol. The number of fused-ring (bicyclic) bond motifs is 1. The predicted molar refractivity (Wildman–Crippen MR) is 155 cm³/mol. The Morgan fingerprint density at radius 3 is 2.61 bits per heavy atom. The molecule has 2 atom stereocenters. The Balaban J connectivity index is 1.05. The Morgan fingerprint density at radius 2 is 1.86 bits per heavy atom. The Labute approximate surface area is 251 Å². The molecule has 0 spiro atoms. The Kier molecular flexibility index (Phi) is 7.79. The van der Waals surface area contributed by atoms with E-state index in [0.29, 0.717) is 59.6 Å². The fourth-order valence-electron chi connectivity index (χ4n) is 5.91. The first-order chi connectivity index (χ1) is 21.5. The molecule has 0 N–H and O–H groups in total. The first-order valence-corrected chi connectivity index (χ1v) is 14.6. The molecule has 5 aromatic rings. The zero-order valence-electron chi connectivity index (χ0n) is 23.8. The van der Waals surface area contributed by atoms with Gasteiger partial charge in [0, 0.05) is 51.2 Å². The lowest BCUT2D eigenvalue weighted by molar-refractivity contribution is 0.0385. The molecule has 226 valence electrons. The van der Waals surface area contributed by atoms with E-state index in [1.807, 2.05) is 36.4 Å². The lowest BCUT2D eigenvalue weighted by Gasteiger charge is -2.38. The van der Waals surface area contributed by atoms with Gasteiger partial charge in [0.1, 0.15) is 11.2 Å². The van der Waals surface area contributed by atoms with Crippen molar-refractivity contribution in [2.24, 2.45) is 5.92 Å². The number of alkyl halides is 2. The average molecular weight is 601 g/mol. The van der Waals surface area contributed by atoms with Crippen LogP contribution in [-0.2, 0) is 11.2 Å². The summed E-state index contributed by atoms with van der Waals surface area (Å²) in [5.41, 5.74) is 4.47. The van der Waals surface area contributed by atoms with E-state index in [0.717, 1.165) is 37.1 Å². The van der Waals surface area contributed by atoms with Crippen molar-refractivity contribution in [3.63, 3.8) is 0 Å². The Hall–Kier alpha value is -4.62. The topological polar surface area (TPSA) is 115 Å². The van der Waals surface area contributed by atoms with Crippen LogP contribution >= 0.6 is 0 Å². The minimum Gasteiger partial charge on any atom is -0.436 e. The largest absolute Gasteiger partial charge is 0.436 e. The Morgan fingerprint density at radius 1 is 1.02 bits per heavy atom. The number of hydrogen-bond acceptors (Lipinski definition) is 9. The number of nitrogens with zero attached hydrogens (tertiary/aromatic N) is 8. The maximum Gasteiger partial charge on any atom is 0.350 e. The highest BCUT2D eigenvalue weighted by Gasteiger charge is 2.32. The number of carbonyl (C=O) groups excluding carboxylic acids is 1. The lowest BCUT2D eigenvalue weighted by Crippen LogP contribution is -2.50. The van der Waals surface area contributed by atoms with Gasteiger partial charge in [0.15, 0.2) is 11.4 Å². The number of oxazole rings is 1. The number of halogens is 2. The molecule has 11 nitrogen and oxygen atoms in total. The SMILES string of the molecule is O=C(c1cc(-c2nc3cc(C[C@H]4CCOC4)ccc3o2)ccn1)N1CCN([C@H](c2ccccc2)c2nnn(C(F)F)n2)CC1. The molecule has 2 aromatic carbocycles. The molecule has 2 aliphatic heterocycles. The quantitative estimate of drug-likeness (QED) is 0.256. The van der Waals surface area contributed by atoms with Crippen LogP contribution in [-0.4, -0.2) is 85.3 Å². The number of aromatic nitrogens is 6. The van der Waals surface area contributed by atoms with Gasteiger partial charge in [0.05, 0.1) is 6.04 Å². The molecule has 2 saturated heterocycles. The molecule has 3 aromatic heterocycles. The maximum atomic E-state index is 13.5. The fraction of sp³-hybridized carbons (Fsp3) is 0.355. The van der Waals surface area contributed by atoms with Gasteiger partial charge in [0.2, 0.25) is 5.89 Å². The molecular formula is C31H30F2N8O3. The minimum absolute atomic E-state index is 0.184. The van der Waals surface area contributed by atoms with Gasteiger partial charge < -0.3 is 14.1 Å². The van der Waals surface area contributed by atoms with Crippen molar-refractivity contribution < 1.29 is 22.7 Å². The maximum absolute atomic E-state index is 13.5. The summed E-state index contributed by atoms with van der Waals surface area (Å²) < 4.78 is 37.9. The first-order valence-electron chi connectivity index (χ1n) is 14.6. The zero-order chi connectivity index (χ0) is 30.0. The van der Waals surface area contributed by atoms with Gasteiger partial charge in [-0.1, -0.05) is 41.2 Å². The van der Waals surface area contributed by atoms with Gasteiger partial charge in [-0.25, -0.2) is 4.98 Å². The fourth-order valence-corrected chi connectivity index (χ4v) is 5.91. The van der Waals surface area contributed by atoms with E-state index in [1.165, 1.54) is 5.56 Å². The summed E-state index contributed by atoms with van der Waals surface area (Å²) in [7, 11) is 0. The van der Waals surface area contributed by atoms with Crippen LogP contribution in [0.5, 0.6) is 0 Å². The molecule has 0 bridgehead atoms. The second kappa shape index (κ2) is 12.2. The third-order valence-electron chi connectivity index (χ3n) is 8.17. The van der Waals surface area contributed by atoms with Crippen LogP contribution in [0.1, 0.15) is 46.5 Å². The van der Waals surface area contributed by atoms with E-state index in [-0.39, 0.29) is 11.7 Å². The second-order valence-corrected chi connectivity index (χ2v) is 11.1. The van der Waals surface area contributed by atoms with Crippen molar-refractivity contribution in [1.82, 2.24) is 40.0 Å². The average Bonchev–Trinajstić information content (AvgIpc) is 3.84. The molecule has 7 rings (SSSR count). The van der Waals surface area contributed by atoms with E-state index in [4.69, 9.17) is 14.1 Å². The zero-order valence-corrected chi connectivity index (χ0v) is 23.8. The summed E-state index contributed by atoms with van der Waals surface area (Å²) >= 11 is 0. The third-order valence-corrected chi connectivity index (χ3v) is 8.17. The highest BCUT2D eigenvalue weighted by atomic mass is 19.3.